The van der Waals surface area contributed by atoms with Crippen molar-refractivity contribution in [2.24, 2.45) is 0 Å². The van der Waals surface area contributed by atoms with Crippen molar-refractivity contribution in [3.8, 4) is 0 Å². The van der Waals surface area contributed by atoms with Crippen LogP contribution in [0.2, 0.25) is 0 Å². The zero-order valence-corrected chi connectivity index (χ0v) is 10.9. The number of nitrogens with two attached hydrogens (primary N) is 1. The molecule has 2 aromatic rings. The van der Waals surface area contributed by atoms with E-state index in [0.717, 1.165) is 24.3 Å². The van der Waals surface area contributed by atoms with Crippen LogP contribution in [0.3, 0.4) is 0 Å². The monoisotopic (exact) mass is 258 g/mol. The minimum atomic E-state index is 0.654. The van der Waals surface area contributed by atoms with Gasteiger partial charge in [0.15, 0.2) is 0 Å². The highest BCUT2D eigenvalue weighted by atomic mass is 16.4. The van der Waals surface area contributed by atoms with E-state index < -0.39 is 0 Å². The Hall–Kier alpha value is -2.04. The summed E-state index contributed by atoms with van der Waals surface area (Å²) < 4.78 is 5.73. The Bertz CT molecular complexity index is 529. The fourth-order valence-electron chi connectivity index (χ4n) is 2.34. The van der Waals surface area contributed by atoms with Crippen LogP contribution >= 0.6 is 0 Å². The first kappa shape index (κ1) is 12.0. The van der Waals surface area contributed by atoms with Crippen molar-refractivity contribution in [2.45, 2.75) is 25.7 Å². The van der Waals surface area contributed by atoms with Gasteiger partial charge in [0.1, 0.15) is 0 Å². The second-order valence-electron chi connectivity index (χ2n) is 4.94. The first-order valence-corrected chi connectivity index (χ1v) is 6.73. The lowest BCUT2D eigenvalue weighted by molar-refractivity contribution is 0.467. The van der Waals surface area contributed by atoms with Crippen LogP contribution in [0.4, 0.5) is 11.7 Å². The van der Waals surface area contributed by atoms with Gasteiger partial charge in [-0.1, -0.05) is 17.2 Å². The molecule has 5 nitrogen and oxygen atoms in total. The van der Waals surface area contributed by atoms with Crippen LogP contribution in [0.15, 0.2) is 28.7 Å². The standard InChI is InChI=1S/C14H18N4O/c15-12-6-4-11(5-7-12)10-13-16-17-14(19-13)18-8-2-1-3-9-18/h4-7H,1-3,8-10,15H2. The van der Waals surface area contributed by atoms with E-state index in [1.54, 1.807) is 0 Å². The Morgan fingerprint density at radius 1 is 1.05 bits per heavy atom. The van der Waals surface area contributed by atoms with Crippen LogP contribution in [-0.4, -0.2) is 23.3 Å². The van der Waals surface area contributed by atoms with E-state index in [4.69, 9.17) is 10.2 Å². The van der Waals surface area contributed by atoms with Gasteiger partial charge in [-0.3, -0.25) is 0 Å². The normalized spacial score (nSPS) is 15.7. The highest BCUT2D eigenvalue weighted by molar-refractivity contribution is 5.39. The summed E-state index contributed by atoms with van der Waals surface area (Å²) in [7, 11) is 0. The summed E-state index contributed by atoms with van der Waals surface area (Å²) in [6.45, 7) is 2.03. The summed E-state index contributed by atoms with van der Waals surface area (Å²) in [5, 5.41) is 8.26. The molecule has 5 heteroatoms. The third kappa shape index (κ3) is 2.86. The van der Waals surface area contributed by atoms with E-state index in [-0.39, 0.29) is 0 Å². The average molecular weight is 258 g/mol. The largest absolute Gasteiger partial charge is 0.408 e. The van der Waals surface area contributed by atoms with Gasteiger partial charge < -0.3 is 15.1 Å². The van der Waals surface area contributed by atoms with Crippen molar-refractivity contribution in [1.82, 2.24) is 10.2 Å². The topological polar surface area (TPSA) is 68.2 Å². The lowest BCUT2D eigenvalue weighted by Crippen LogP contribution is -2.29. The molecule has 0 radical (unpaired) electrons. The van der Waals surface area contributed by atoms with Gasteiger partial charge in [-0.15, -0.1) is 5.10 Å². The van der Waals surface area contributed by atoms with Crippen molar-refractivity contribution in [3.63, 3.8) is 0 Å². The number of aromatic nitrogens is 2. The van der Waals surface area contributed by atoms with E-state index in [2.05, 4.69) is 15.1 Å². The fourth-order valence-corrected chi connectivity index (χ4v) is 2.34. The van der Waals surface area contributed by atoms with Gasteiger partial charge in [-0.05, 0) is 37.0 Å². The molecule has 1 aliphatic rings. The molecular formula is C14H18N4O. The van der Waals surface area contributed by atoms with Crippen LogP contribution in [-0.2, 0) is 6.42 Å². The van der Waals surface area contributed by atoms with Crippen LogP contribution in [0.1, 0.15) is 30.7 Å². The fraction of sp³-hybridized carbons (Fsp3) is 0.429. The third-order valence-electron chi connectivity index (χ3n) is 3.42. The summed E-state index contributed by atoms with van der Waals surface area (Å²) >= 11 is 0. The molecule has 0 amide bonds. The number of hydrogen-bond donors (Lipinski definition) is 1. The molecule has 100 valence electrons. The number of nitrogen functional groups attached to an aromatic ring is 1. The molecule has 3 rings (SSSR count). The molecule has 0 aliphatic carbocycles. The van der Waals surface area contributed by atoms with Gasteiger partial charge in [0.05, 0.1) is 6.42 Å². The first-order valence-electron chi connectivity index (χ1n) is 6.73. The second-order valence-corrected chi connectivity index (χ2v) is 4.94. The summed E-state index contributed by atoms with van der Waals surface area (Å²) in [4.78, 5) is 2.17. The first-order chi connectivity index (χ1) is 9.31. The van der Waals surface area contributed by atoms with E-state index in [1.165, 1.54) is 19.3 Å². The Balaban J connectivity index is 1.68. The van der Waals surface area contributed by atoms with Gasteiger partial charge in [0, 0.05) is 18.8 Å². The molecule has 0 bridgehead atoms. The zero-order valence-electron chi connectivity index (χ0n) is 10.9. The molecule has 2 heterocycles. The van der Waals surface area contributed by atoms with Gasteiger partial charge >= 0.3 is 6.01 Å². The molecule has 1 fully saturated rings. The van der Waals surface area contributed by atoms with Crippen LogP contribution < -0.4 is 10.6 Å². The smallest absolute Gasteiger partial charge is 0.318 e. The highest BCUT2D eigenvalue weighted by Crippen LogP contribution is 2.19. The van der Waals surface area contributed by atoms with Gasteiger partial charge in [0.25, 0.3) is 0 Å². The highest BCUT2D eigenvalue weighted by Gasteiger charge is 2.16. The number of nitrogens with zero attached hydrogens (tertiary/aromatic N) is 3. The van der Waals surface area contributed by atoms with Crippen LogP contribution in [0.5, 0.6) is 0 Å². The SMILES string of the molecule is Nc1ccc(Cc2nnc(N3CCCCC3)o2)cc1. The number of hydrogen-bond acceptors (Lipinski definition) is 5. The van der Waals surface area contributed by atoms with Crippen molar-refractivity contribution in [2.75, 3.05) is 23.7 Å². The minimum absolute atomic E-state index is 0.654. The molecule has 1 saturated heterocycles. The van der Waals surface area contributed by atoms with Gasteiger partial charge in [0.2, 0.25) is 5.89 Å². The van der Waals surface area contributed by atoms with Gasteiger partial charge in [-0.25, -0.2) is 0 Å². The van der Waals surface area contributed by atoms with E-state index in [1.807, 2.05) is 24.3 Å². The Kier molecular flexibility index (Phi) is 3.35. The summed E-state index contributed by atoms with van der Waals surface area (Å²) in [6.07, 6.45) is 4.36. The summed E-state index contributed by atoms with van der Waals surface area (Å²) in [5.74, 6) is 0.658. The molecule has 1 aliphatic heterocycles. The molecular weight excluding hydrogens is 240 g/mol. The lowest BCUT2D eigenvalue weighted by Gasteiger charge is -2.24. The zero-order chi connectivity index (χ0) is 13.1. The summed E-state index contributed by atoms with van der Waals surface area (Å²) in [6, 6.07) is 8.40. The molecule has 1 aromatic heterocycles. The molecule has 1 aromatic carbocycles. The Morgan fingerprint density at radius 2 is 1.79 bits per heavy atom. The maximum atomic E-state index is 5.73. The molecule has 0 unspecified atom stereocenters. The van der Waals surface area contributed by atoms with E-state index >= 15 is 0 Å². The van der Waals surface area contributed by atoms with Crippen molar-refractivity contribution in [3.05, 3.63) is 35.7 Å². The molecule has 0 spiro atoms. The number of benzene rings is 1. The van der Waals surface area contributed by atoms with Crippen molar-refractivity contribution >= 4 is 11.7 Å². The van der Waals surface area contributed by atoms with Gasteiger partial charge in [-0.2, -0.15) is 0 Å². The molecule has 0 saturated carbocycles. The third-order valence-corrected chi connectivity index (χ3v) is 3.42. The second kappa shape index (κ2) is 5.30. The van der Waals surface area contributed by atoms with E-state index in [9.17, 15) is 0 Å². The Labute approximate surface area is 112 Å². The number of anilines is 2. The predicted octanol–water partition coefficient (Wildman–Crippen LogP) is 2.23. The van der Waals surface area contributed by atoms with Crippen LogP contribution in [0.25, 0.3) is 0 Å². The molecule has 0 atom stereocenters. The number of rotatable bonds is 3. The van der Waals surface area contributed by atoms with Crippen LogP contribution in [0, 0.1) is 0 Å². The minimum Gasteiger partial charge on any atom is -0.408 e. The lowest BCUT2D eigenvalue weighted by atomic mass is 10.1. The van der Waals surface area contributed by atoms with E-state index in [0.29, 0.717) is 18.3 Å². The molecule has 19 heavy (non-hydrogen) atoms. The maximum absolute atomic E-state index is 5.73. The summed E-state index contributed by atoms with van der Waals surface area (Å²) in [5.41, 5.74) is 7.56. The van der Waals surface area contributed by atoms with Crippen molar-refractivity contribution < 1.29 is 4.42 Å². The predicted molar refractivity (Wildman–Crippen MR) is 74.0 cm³/mol. The maximum Gasteiger partial charge on any atom is 0.318 e. The average Bonchev–Trinajstić information content (AvgIpc) is 2.91. The van der Waals surface area contributed by atoms with Crippen molar-refractivity contribution in [1.29, 1.82) is 0 Å². The quantitative estimate of drug-likeness (QED) is 0.855. The number of piperidine rings is 1. The Morgan fingerprint density at radius 3 is 2.53 bits per heavy atom. The molecule has 2 N–H and O–H groups in total.